The van der Waals surface area contributed by atoms with Gasteiger partial charge in [0.25, 0.3) is 0 Å². The zero-order valence-corrected chi connectivity index (χ0v) is 21.1. The third kappa shape index (κ3) is 5.43. The highest BCUT2D eigenvalue weighted by molar-refractivity contribution is 5.39. The number of hydrogen-bond acceptors (Lipinski definition) is 7. The van der Waals surface area contributed by atoms with Crippen molar-refractivity contribution in [2.24, 2.45) is 0 Å². The van der Waals surface area contributed by atoms with Crippen LogP contribution in [0.2, 0.25) is 0 Å². The molecule has 0 bridgehead atoms. The van der Waals surface area contributed by atoms with E-state index in [1.165, 1.54) is 16.7 Å². The Labute approximate surface area is 216 Å². The van der Waals surface area contributed by atoms with Gasteiger partial charge in [-0.2, -0.15) is 0 Å². The van der Waals surface area contributed by atoms with Gasteiger partial charge in [-0.25, -0.2) is 0 Å². The van der Waals surface area contributed by atoms with Gasteiger partial charge in [0.15, 0.2) is 0 Å². The minimum Gasteiger partial charge on any atom is -0.491 e. The lowest BCUT2D eigenvalue weighted by Gasteiger charge is -2.40. The van der Waals surface area contributed by atoms with Gasteiger partial charge in [0, 0.05) is 0 Å². The monoisotopic (exact) mass is 506 g/mol. The molecule has 1 unspecified atom stereocenters. The molecule has 1 saturated heterocycles. The van der Waals surface area contributed by atoms with Crippen molar-refractivity contribution in [1.82, 2.24) is 0 Å². The Morgan fingerprint density at radius 1 is 0.892 bits per heavy atom. The highest BCUT2D eigenvalue weighted by atomic mass is 16.5. The molecule has 7 heteroatoms. The summed E-state index contributed by atoms with van der Waals surface area (Å²) in [6.45, 7) is 4.72. The molecule has 3 aromatic carbocycles. The number of aliphatic hydroxyl groups excluding tert-OH is 4. The lowest BCUT2D eigenvalue weighted by Crippen LogP contribution is -2.55. The summed E-state index contributed by atoms with van der Waals surface area (Å²) in [4.78, 5) is 0. The van der Waals surface area contributed by atoms with E-state index in [-0.39, 0.29) is 6.10 Å². The largest absolute Gasteiger partial charge is 0.491 e. The third-order valence-corrected chi connectivity index (χ3v) is 7.40. The summed E-state index contributed by atoms with van der Waals surface area (Å²) in [5.74, 6) is 0.778. The van der Waals surface area contributed by atoms with Gasteiger partial charge in [-0.05, 0) is 65.8 Å². The quantitative estimate of drug-likeness (QED) is 0.390. The molecule has 3 aromatic rings. The number of benzene rings is 3. The van der Waals surface area contributed by atoms with E-state index < -0.39 is 37.1 Å². The first-order chi connectivity index (χ1) is 17.8. The Balaban J connectivity index is 1.25. The van der Waals surface area contributed by atoms with Gasteiger partial charge in [0.05, 0.1) is 13.2 Å². The fourth-order valence-electron chi connectivity index (χ4n) is 5.09. The van der Waals surface area contributed by atoms with E-state index in [9.17, 15) is 20.4 Å². The van der Waals surface area contributed by atoms with Crippen molar-refractivity contribution in [3.63, 3.8) is 0 Å². The lowest BCUT2D eigenvalue weighted by molar-refractivity contribution is -0.231. The Kier molecular flexibility index (Phi) is 7.62. The smallest absolute Gasteiger partial charge is 0.119 e. The van der Waals surface area contributed by atoms with Gasteiger partial charge in [0.1, 0.15) is 49.0 Å². The first-order valence-corrected chi connectivity index (χ1v) is 12.7. The molecule has 4 N–H and O–H groups in total. The Bertz CT molecular complexity index is 1220. The summed E-state index contributed by atoms with van der Waals surface area (Å²) in [5, 5.41) is 40.3. The molecule has 0 aliphatic carbocycles. The summed E-state index contributed by atoms with van der Waals surface area (Å²) >= 11 is 0. The Hall–Kier alpha value is -2.78. The molecule has 2 heterocycles. The van der Waals surface area contributed by atoms with Crippen LogP contribution in [-0.2, 0) is 22.5 Å². The van der Waals surface area contributed by atoms with E-state index in [2.05, 4.69) is 25.1 Å². The first-order valence-electron chi connectivity index (χ1n) is 12.7. The van der Waals surface area contributed by atoms with Crippen molar-refractivity contribution < 1.29 is 34.6 Å². The van der Waals surface area contributed by atoms with Crippen molar-refractivity contribution in [3.8, 4) is 5.75 Å². The number of aryl methyl sites for hydroxylation is 2. The molecule has 0 aromatic heterocycles. The molecule has 6 atom stereocenters. The van der Waals surface area contributed by atoms with E-state index in [1.807, 2.05) is 49.4 Å². The number of rotatable bonds is 7. The highest BCUT2D eigenvalue weighted by Gasteiger charge is 2.44. The van der Waals surface area contributed by atoms with Crippen LogP contribution in [0, 0.1) is 13.8 Å². The maximum Gasteiger partial charge on any atom is 0.119 e. The predicted octanol–water partition coefficient (Wildman–Crippen LogP) is 3.06. The van der Waals surface area contributed by atoms with Crippen LogP contribution in [0.3, 0.4) is 0 Å². The van der Waals surface area contributed by atoms with Crippen LogP contribution in [-0.4, -0.2) is 58.1 Å². The van der Waals surface area contributed by atoms with Crippen LogP contribution >= 0.6 is 0 Å². The van der Waals surface area contributed by atoms with Crippen molar-refractivity contribution in [2.75, 3.05) is 13.2 Å². The van der Waals surface area contributed by atoms with Crippen LogP contribution in [0.1, 0.15) is 51.2 Å². The Morgan fingerprint density at radius 2 is 1.68 bits per heavy atom. The van der Waals surface area contributed by atoms with E-state index in [1.54, 1.807) is 0 Å². The topological polar surface area (TPSA) is 109 Å². The Morgan fingerprint density at radius 3 is 2.43 bits per heavy atom. The average molecular weight is 507 g/mol. The molecule has 37 heavy (non-hydrogen) atoms. The number of hydrogen-bond donors (Lipinski definition) is 4. The van der Waals surface area contributed by atoms with E-state index in [0.717, 1.165) is 22.4 Å². The summed E-state index contributed by atoms with van der Waals surface area (Å²) in [5.41, 5.74) is 7.55. The maximum atomic E-state index is 10.5. The number of aliphatic hydroxyl groups is 4. The van der Waals surface area contributed by atoms with Crippen molar-refractivity contribution in [2.45, 2.75) is 63.5 Å². The number of fused-ring (bicyclic) bond motifs is 1. The van der Waals surface area contributed by atoms with E-state index in [0.29, 0.717) is 25.2 Å². The van der Waals surface area contributed by atoms with Crippen LogP contribution in [0.4, 0.5) is 0 Å². The van der Waals surface area contributed by atoms with Gasteiger partial charge in [-0.15, -0.1) is 0 Å². The van der Waals surface area contributed by atoms with Gasteiger partial charge < -0.3 is 34.6 Å². The second-order valence-electron chi connectivity index (χ2n) is 10.1. The highest BCUT2D eigenvalue weighted by Crippen LogP contribution is 2.34. The lowest BCUT2D eigenvalue weighted by atomic mass is 9.89. The number of ether oxygens (including phenoxy) is 3. The van der Waals surface area contributed by atoms with Crippen molar-refractivity contribution >= 4 is 0 Å². The molecular formula is C30H34O7. The maximum absolute atomic E-state index is 10.5. The van der Waals surface area contributed by atoms with E-state index >= 15 is 0 Å². The normalized spacial score (nSPS) is 27.2. The van der Waals surface area contributed by atoms with Crippen LogP contribution in [0.5, 0.6) is 5.75 Å². The molecule has 0 amide bonds. The van der Waals surface area contributed by atoms with Crippen molar-refractivity contribution in [1.29, 1.82) is 0 Å². The van der Waals surface area contributed by atoms with Crippen LogP contribution in [0.25, 0.3) is 0 Å². The SMILES string of the molecule is Cc1ccc2c(c1)C(COc1ccc(Cc3cc([C@@H]4O[C@H](CO)[C@@H](O)[C@H](O)[C@H]4O)ccc3C)cc1)OC2. The van der Waals surface area contributed by atoms with Gasteiger partial charge in [0.2, 0.25) is 0 Å². The van der Waals surface area contributed by atoms with Crippen LogP contribution in [0.15, 0.2) is 60.7 Å². The fourth-order valence-corrected chi connectivity index (χ4v) is 5.09. The zero-order valence-electron chi connectivity index (χ0n) is 21.1. The standard InChI is InChI=1S/C30H34O7/c1-17-3-7-21-15-36-26(24(21)11-17)16-35-23-9-5-19(6-10-23)12-22-13-20(8-4-18(22)2)30-29(34)28(33)27(32)25(14-31)37-30/h3-11,13,25-34H,12,14-16H2,1-2H3/t25-,26?,27-,28+,29-,30+/m1/s1. The van der Waals surface area contributed by atoms with Gasteiger partial charge in [-0.3, -0.25) is 0 Å². The molecule has 5 rings (SSSR count). The van der Waals surface area contributed by atoms with E-state index in [4.69, 9.17) is 14.2 Å². The zero-order chi connectivity index (χ0) is 26.1. The third-order valence-electron chi connectivity index (χ3n) is 7.40. The average Bonchev–Trinajstić information content (AvgIpc) is 3.30. The second kappa shape index (κ2) is 10.9. The molecular weight excluding hydrogens is 472 g/mol. The fraction of sp³-hybridized carbons (Fsp3) is 0.400. The minimum absolute atomic E-state index is 0.0672. The van der Waals surface area contributed by atoms with Gasteiger partial charge >= 0.3 is 0 Å². The second-order valence-corrected chi connectivity index (χ2v) is 10.1. The summed E-state index contributed by atoms with van der Waals surface area (Å²) in [6.07, 6.45) is -5.27. The summed E-state index contributed by atoms with van der Waals surface area (Å²) in [7, 11) is 0. The molecule has 7 nitrogen and oxygen atoms in total. The summed E-state index contributed by atoms with van der Waals surface area (Å²) < 4.78 is 17.7. The molecule has 1 fully saturated rings. The summed E-state index contributed by atoms with van der Waals surface area (Å²) in [6, 6.07) is 20.1. The molecule has 0 radical (unpaired) electrons. The van der Waals surface area contributed by atoms with Gasteiger partial charge in [-0.1, -0.05) is 54.1 Å². The van der Waals surface area contributed by atoms with Crippen molar-refractivity contribution in [3.05, 3.63) is 99.6 Å². The first kappa shape index (κ1) is 25.9. The molecule has 2 aliphatic heterocycles. The minimum atomic E-state index is -1.40. The predicted molar refractivity (Wildman–Crippen MR) is 137 cm³/mol. The molecule has 0 saturated carbocycles. The molecule has 0 spiro atoms. The van der Waals surface area contributed by atoms with Crippen LogP contribution < -0.4 is 4.74 Å². The molecule has 196 valence electrons. The molecule has 2 aliphatic rings.